The van der Waals surface area contributed by atoms with Crippen LogP contribution in [0.4, 0.5) is 0 Å². The Kier molecular flexibility index (Phi) is 7.02. The van der Waals surface area contributed by atoms with Gasteiger partial charge in [-0.25, -0.2) is 8.42 Å². The number of nitriles is 1. The van der Waals surface area contributed by atoms with Gasteiger partial charge in [0.05, 0.1) is 18.2 Å². The molecule has 0 unspecified atom stereocenters. The monoisotopic (exact) mass is 443 g/mol. The molecule has 1 heterocycles. The zero-order chi connectivity index (χ0) is 22.8. The first-order valence-electron chi connectivity index (χ1n) is 10.3. The fourth-order valence-corrected chi connectivity index (χ4v) is 5.58. The first kappa shape index (κ1) is 23.2. The highest BCUT2D eigenvalue weighted by Crippen LogP contribution is 2.36. The van der Waals surface area contributed by atoms with Crippen molar-refractivity contribution >= 4 is 10.0 Å². The Hall–Kier alpha value is -2.44. The van der Waals surface area contributed by atoms with E-state index in [0.717, 1.165) is 11.1 Å². The Morgan fingerprint density at radius 3 is 2.61 bits per heavy atom. The molecule has 3 atom stereocenters. The van der Waals surface area contributed by atoms with Crippen molar-refractivity contribution in [2.75, 3.05) is 33.8 Å². The molecule has 8 heteroatoms. The molecule has 0 saturated carbocycles. The lowest BCUT2D eigenvalue weighted by atomic mass is 10.0. The lowest BCUT2D eigenvalue weighted by Crippen LogP contribution is -2.49. The van der Waals surface area contributed by atoms with Gasteiger partial charge in [0, 0.05) is 25.0 Å². The highest BCUT2D eigenvalue weighted by atomic mass is 32.2. The van der Waals surface area contributed by atoms with E-state index < -0.39 is 16.1 Å². The predicted molar refractivity (Wildman–Crippen MR) is 119 cm³/mol. The molecule has 2 aromatic rings. The van der Waals surface area contributed by atoms with Crippen LogP contribution in [-0.4, -0.2) is 68.7 Å². The normalized spacial score (nSPS) is 22.0. The van der Waals surface area contributed by atoms with Crippen molar-refractivity contribution in [3.8, 4) is 22.9 Å². The van der Waals surface area contributed by atoms with E-state index in [9.17, 15) is 18.8 Å². The van der Waals surface area contributed by atoms with Crippen molar-refractivity contribution in [3.05, 3.63) is 48.0 Å². The molecule has 3 rings (SSSR count). The maximum atomic E-state index is 13.5. The second-order valence-electron chi connectivity index (χ2n) is 8.36. The quantitative estimate of drug-likeness (QED) is 0.763. The molecule has 1 N–H and O–H groups in total. The van der Waals surface area contributed by atoms with E-state index in [1.54, 1.807) is 43.3 Å². The summed E-state index contributed by atoms with van der Waals surface area (Å²) in [4.78, 5) is 2.10. The predicted octanol–water partition coefficient (Wildman–Crippen LogP) is 2.56. The van der Waals surface area contributed by atoms with Crippen LogP contribution in [0.15, 0.2) is 47.4 Å². The average Bonchev–Trinajstić information content (AvgIpc) is 2.75. The Labute approximate surface area is 184 Å². The van der Waals surface area contributed by atoms with Crippen LogP contribution in [0.2, 0.25) is 0 Å². The summed E-state index contributed by atoms with van der Waals surface area (Å²) in [5, 5.41) is 18.9. The summed E-state index contributed by atoms with van der Waals surface area (Å²) in [6.07, 6.45) is -0.238. The van der Waals surface area contributed by atoms with Gasteiger partial charge >= 0.3 is 0 Å². The first-order chi connectivity index (χ1) is 14.7. The maximum Gasteiger partial charge on any atom is 0.247 e. The molecule has 0 radical (unpaired) electrons. The van der Waals surface area contributed by atoms with Gasteiger partial charge < -0.3 is 14.7 Å². The van der Waals surface area contributed by atoms with E-state index in [0.29, 0.717) is 12.1 Å². The molecule has 0 amide bonds. The average molecular weight is 444 g/mol. The van der Waals surface area contributed by atoms with Crippen LogP contribution in [-0.2, 0) is 10.0 Å². The zero-order valence-electron chi connectivity index (χ0n) is 18.3. The van der Waals surface area contributed by atoms with E-state index in [1.165, 1.54) is 4.31 Å². The minimum absolute atomic E-state index is 0.0867. The van der Waals surface area contributed by atoms with E-state index in [2.05, 4.69) is 6.07 Å². The van der Waals surface area contributed by atoms with Gasteiger partial charge in [0.15, 0.2) is 0 Å². The van der Waals surface area contributed by atoms with Crippen LogP contribution in [0.3, 0.4) is 0 Å². The Morgan fingerprint density at radius 1 is 1.26 bits per heavy atom. The van der Waals surface area contributed by atoms with E-state index in [4.69, 9.17) is 4.74 Å². The number of aliphatic hydroxyl groups excluding tert-OH is 1. The minimum Gasteiger partial charge on any atom is -0.487 e. The fourth-order valence-electron chi connectivity index (χ4n) is 3.75. The molecule has 1 aliphatic rings. The third-order valence-corrected chi connectivity index (χ3v) is 7.56. The SMILES string of the molecule is C[C@@H]1CN([C@@H](C)CO)S(=O)(=O)c2ccc(-c3cccc(C#N)c3)cc2O[C@H]1CN(C)C. The molecule has 0 fully saturated rings. The molecule has 0 aromatic heterocycles. The van der Waals surface area contributed by atoms with Gasteiger partial charge in [-0.1, -0.05) is 25.1 Å². The standard InChI is InChI=1S/C23H29N3O4S/c1-16-13-26(17(2)15-27)31(28,29)23-9-8-20(19-7-5-6-18(10-19)12-24)11-21(23)30-22(16)14-25(3)4/h5-11,16-17,22,27H,13-15H2,1-4H3/t16-,17+,22+/m1/s1. The Balaban J connectivity index is 2.16. The van der Waals surface area contributed by atoms with Crippen LogP contribution < -0.4 is 4.74 Å². The van der Waals surface area contributed by atoms with Crippen molar-refractivity contribution in [1.29, 1.82) is 5.26 Å². The zero-order valence-corrected chi connectivity index (χ0v) is 19.1. The second kappa shape index (κ2) is 9.37. The maximum absolute atomic E-state index is 13.5. The van der Waals surface area contributed by atoms with Crippen molar-refractivity contribution in [2.45, 2.75) is 30.9 Å². The molecule has 7 nitrogen and oxygen atoms in total. The Bertz CT molecular complexity index is 1080. The summed E-state index contributed by atoms with van der Waals surface area (Å²) >= 11 is 0. The summed E-state index contributed by atoms with van der Waals surface area (Å²) in [6.45, 7) is 4.28. The van der Waals surface area contributed by atoms with Gasteiger partial charge in [0.25, 0.3) is 0 Å². The molecule has 0 bridgehead atoms. The highest BCUT2D eigenvalue weighted by molar-refractivity contribution is 7.89. The summed E-state index contributed by atoms with van der Waals surface area (Å²) < 4.78 is 34.6. The third-order valence-electron chi connectivity index (χ3n) is 5.54. The Morgan fingerprint density at radius 2 is 1.97 bits per heavy atom. The lowest BCUT2D eigenvalue weighted by molar-refractivity contribution is 0.0813. The van der Waals surface area contributed by atoms with Gasteiger partial charge in [0.2, 0.25) is 10.0 Å². The van der Waals surface area contributed by atoms with Crippen molar-refractivity contribution in [2.24, 2.45) is 5.92 Å². The number of sulfonamides is 1. The number of fused-ring (bicyclic) bond motifs is 1. The minimum atomic E-state index is -3.87. The number of ether oxygens (including phenoxy) is 1. The van der Waals surface area contributed by atoms with Gasteiger partial charge in [-0.3, -0.25) is 0 Å². The molecule has 31 heavy (non-hydrogen) atoms. The van der Waals surface area contributed by atoms with Gasteiger partial charge in [0.1, 0.15) is 16.7 Å². The van der Waals surface area contributed by atoms with Crippen LogP contribution in [0.5, 0.6) is 5.75 Å². The molecular formula is C23H29N3O4S. The summed E-state index contributed by atoms with van der Waals surface area (Å²) in [5.74, 6) is 0.193. The largest absolute Gasteiger partial charge is 0.487 e. The topological polar surface area (TPSA) is 93.9 Å². The summed E-state index contributed by atoms with van der Waals surface area (Å²) in [6, 6.07) is 13.7. The number of rotatable bonds is 5. The molecule has 166 valence electrons. The highest BCUT2D eigenvalue weighted by Gasteiger charge is 2.37. The summed E-state index contributed by atoms with van der Waals surface area (Å²) in [7, 11) is 0.0295. The number of hydrogen-bond donors (Lipinski definition) is 1. The van der Waals surface area contributed by atoms with Crippen LogP contribution in [0, 0.1) is 17.2 Å². The van der Waals surface area contributed by atoms with E-state index >= 15 is 0 Å². The van der Waals surface area contributed by atoms with Crippen molar-refractivity contribution < 1.29 is 18.3 Å². The number of nitrogens with zero attached hydrogens (tertiary/aromatic N) is 3. The van der Waals surface area contributed by atoms with Gasteiger partial charge in [-0.15, -0.1) is 0 Å². The smallest absolute Gasteiger partial charge is 0.247 e. The first-order valence-corrected chi connectivity index (χ1v) is 11.7. The third kappa shape index (κ3) is 4.91. The fraction of sp³-hybridized carbons (Fsp3) is 0.435. The van der Waals surface area contributed by atoms with Gasteiger partial charge in [-0.2, -0.15) is 9.57 Å². The number of aliphatic hydroxyl groups is 1. The molecule has 2 aromatic carbocycles. The molecule has 0 saturated heterocycles. The van der Waals surface area contributed by atoms with Crippen LogP contribution >= 0.6 is 0 Å². The number of benzene rings is 2. The number of likely N-dealkylation sites (N-methyl/N-ethyl adjacent to an activating group) is 1. The second-order valence-corrected chi connectivity index (χ2v) is 10.2. The molecule has 0 aliphatic carbocycles. The van der Waals surface area contributed by atoms with E-state index in [1.807, 2.05) is 32.0 Å². The molecular weight excluding hydrogens is 414 g/mol. The van der Waals surface area contributed by atoms with Gasteiger partial charge in [-0.05, 0) is 56.4 Å². The van der Waals surface area contributed by atoms with Crippen molar-refractivity contribution in [1.82, 2.24) is 9.21 Å². The van der Waals surface area contributed by atoms with Crippen LogP contribution in [0.25, 0.3) is 11.1 Å². The lowest BCUT2D eigenvalue weighted by Gasteiger charge is -2.37. The molecule has 1 aliphatic heterocycles. The molecule has 0 spiro atoms. The summed E-state index contributed by atoms with van der Waals surface area (Å²) in [5.41, 5.74) is 2.10. The van der Waals surface area contributed by atoms with Crippen molar-refractivity contribution in [3.63, 3.8) is 0 Å². The van der Waals surface area contributed by atoms with E-state index in [-0.39, 0.29) is 35.8 Å². The number of hydrogen-bond acceptors (Lipinski definition) is 6. The van der Waals surface area contributed by atoms with Crippen LogP contribution in [0.1, 0.15) is 19.4 Å².